The van der Waals surface area contributed by atoms with Gasteiger partial charge in [-0.25, -0.2) is 0 Å². The third-order valence-electron chi connectivity index (χ3n) is 4.28. The third-order valence-corrected chi connectivity index (χ3v) is 6.83. The summed E-state index contributed by atoms with van der Waals surface area (Å²) in [5.41, 5.74) is 1.20. The first-order valence-electron chi connectivity index (χ1n) is 7.84. The number of aromatic amines is 1. The number of hydrogen-bond donors (Lipinski definition) is 2. The fourth-order valence-corrected chi connectivity index (χ4v) is 5.49. The summed E-state index contributed by atoms with van der Waals surface area (Å²) in [5, 5.41) is 12.3. The van der Waals surface area contributed by atoms with E-state index < -0.39 is 0 Å². The average molecular weight is 367 g/mol. The van der Waals surface area contributed by atoms with Crippen molar-refractivity contribution in [3.63, 3.8) is 0 Å². The predicted molar refractivity (Wildman–Crippen MR) is 95.6 cm³/mol. The van der Waals surface area contributed by atoms with E-state index in [1.54, 1.807) is 23.1 Å². The van der Waals surface area contributed by atoms with Crippen LogP contribution in [0.15, 0.2) is 11.4 Å². The average Bonchev–Trinajstić information content (AvgIpc) is 3.16. The van der Waals surface area contributed by atoms with Gasteiger partial charge in [-0.15, -0.1) is 23.1 Å². The first-order valence-corrected chi connectivity index (χ1v) is 10.2. The van der Waals surface area contributed by atoms with Crippen molar-refractivity contribution in [2.75, 3.05) is 12.3 Å². The molecule has 2 N–H and O–H groups in total. The van der Waals surface area contributed by atoms with Gasteiger partial charge in [-0.3, -0.25) is 9.89 Å². The molecule has 3 heterocycles. The molecule has 1 fully saturated rings. The maximum atomic E-state index is 12.5. The highest BCUT2D eigenvalue weighted by atomic mass is 32.2. The van der Waals surface area contributed by atoms with E-state index in [1.807, 2.05) is 4.57 Å². The van der Waals surface area contributed by atoms with Gasteiger partial charge in [0.15, 0.2) is 4.77 Å². The maximum Gasteiger partial charge on any atom is 0.237 e. The van der Waals surface area contributed by atoms with Gasteiger partial charge in [0, 0.05) is 23.9 Å². The van der Waals surface area contributed by atoms with Crippen molar-refractivity contribution in [1.82, 2.24) is 20.1 Å². The molecule has 2 aliphatic rings. The molecule has 5 nitrogen and oxygen atoms in total. The number of fused-ring (bicyclic) bond motifs is 1. The summed E-state index contributed by atoms with van der Waals surface area (Å²) in [6, 6.07) is 2.09. The predicted octanol–water partition coefficient (Wildman–Crippen LogP) is 3.03. The fraction of sp³-hybridized carbons (Fsp3) is 0.533. The molecule has 2 aromatic rings. The molecule has 122 valence electrons. The van der Waals surface area contributed by atoms with Gasteiger partial charge < -0.3 is 9.88 Å². The van der Waals surface area contributed by atoms with Crippen LogP contribution in [0.3, 0.4) is 0 Å². The zero-order valence-corrected chi connectivity index (χ0v) is 15.0. The lowest BCUT2D eigenvalue weighted by atomic mass is 10.1. The maximum absolute atomic E-state index is 12.5. The number of aryl methyl sites for hydroxylation is 1. The van der Waals surface area contributed by atoms with Crippen LogP contribution in [-0.2, 0) is 17.8 Å². The number of thiophene rings is 1. The third kappa shape index (κ3) is 3.12. The van der Waals surface area contributed by atoms with E-state index in [1.165, 1.54) is 23.3 Å². The second-order valence-corrected chi connectivity index (χ2v) is 8.50. The van der Waals surface area contributed by atoms with E-state index in [4.69, 9.17) is 12.2 Å². The lowest BCUT2D eigenvalue weighted by Crippen LogP contribution is -2.32. The lowest BCUT2D eigenvalue weighted by Gasteiger charge is -2.21. The summed E-state index contributed by atoms with van der Waals surface area (Å²) in [5.74, 6) is 2.71. The molecule has 1 atom stereocenters. The zero-order chi connectivity index (χ0) is 15.8. The van der Waals surface area contributed by atoms with Gasteiger partial charge in [-0.2, -0.15) is 5.10 Å². The van der Waals surface area contributed by atoms with E-state index in [2.05, 4.69) is 27.0 Å². The molecule has 1 aliphatic heterocycles. The van der Waals surface area contributed by atoms with Crippen LogP contribution in [0.4, 0.5) is 0 Å². The smallest absolute Gasteiger partial charge is 0.237 e. The van der Waals surface area contributed by atoms with Gasteiger partial charge in [-0.1, -0.05) is 0 Å². The van der Waals surface area contributed by atoms with Crippen LogP contribution in [0.2, 0.25) is 0 Å². The molecule has 2 aromatic heterocycles. The first-order chi connectivity index (χ1) is 11.2. The molecule has 4 rings (SSSR count). The number of rotatable bonds is 5. The second kappa shape index (κ2) is 6.41. The van der Waals surface area contributed by atoms with Gasteiger partial charge in [0.25, 0.3) is 0 Å². The van der Waals surface area contributed by atoms with Crippen LogP contribution in [0.1, 0.15) is 40.3 Å². The highest BCUT2D eigenvalue weighted by Crippen LogP contribution is 2.40. The molecule has 0 radical (unpaired) electrons. The van der Waals surface area contributed by atoms with Crippen molar-refractivity contribution in [3.8, 4) is 0 Å². The first kappa shape index (κ1) is 15.4. The largest absolute Gasteiger partial charge is 0.353 e. The Balaban J connectivity index is 1.38. The van der Waals surface area contributed by atoms with Crippen LogP contribution >= 0.6 is 35.3 Å². The number of carbonyl (C=O) groups excluding carboxylic acids is 1. The van der Waals surface area contributed by atoms with E-state index in [9.17, 15) is 4.79 Å². The number of nitrogens with one attached hydrogen (secondary N) is 2. The fourth-order valence-electron chi connectivity index (χ4n) is 2.95. The summed E-state index contributed by atoms with van der Waals surface area (Å²) >= 11 is 8.79. The van der Waals surface area contributed by atoms with Crippen LogP contribution in [0.25, 0.3) is 0 Å². The van der Waals surface area contributed by atoms with E-state index in [-0.39, 0.29) is 11.2 Å². The molecule has 23 heavy (non-hydrogen) atoms. The molecular weight excluding hydrogens is 348 g/mol. The number of hydrogen-bond acceptors (Lipinski definition) is 5. The molecule has 0 spiro atoms. The summed E-state index contributed by atoms with van der Waals surface area (Å²) in [4.78, 5) is 13.9. The van der Waals surface area contributed by atoms with Crippen LogP contribution in [-0.4, -0.2) is 33.0 Å². The number of amides is 1. The molecule has 0 bridgehead atoms. The quantitative estimate of drug-likeness (QED) is 0.799. The van der Waals surface area contributed by atoms with Gasteiger partial charge >= 0.3 is 0 Å². The Labute approximate surface area is 147 Å². The Bertz CT molecular complexity index is 774. The van der Waals surface area contributed by atoms with Crippen molar-refractivity contribution < 1.29 is 4.79 Å². The van der Waals surface area contributed by atoms with Crippen molar-refractivity contribution in [3.05, 3.63) is 32.5 Å². The minimum atomic E-state index is -0.0646. The van der Waals surface area contributed by atoms with Gasteiger partial charge in [0.05, 0.1) is 0 Å². The second-order valence-electron chi connectivity index (χ2n) is 5.90. The Morgan fingerprint density at radius 3 is 3.22 bits per heavy atom. The standard InChI is InChI=1S/C15H18N4OS3/c20-14(12-10-3-7-22-11(10)4-8-23-12)16-5-6-19-13(9-1-2-9)17-18-15(19)21/h3,7,9,12H,1-2,4-6,8H2,(H,16,20)(H,18,21)/t12-/m1/s1. The summed E-state index contributed by atoms with van der Waals surface area (Å²) in [7, 11) is 0. The zero-order valence-electron chi connectivity index (χ0n) is 12.6. The number of H-pyrrole nitrogens is 1. The van der Waals surface area contributed by atoms with Crippen molar-refractivity contribution in [2.24, 2.45) is 0 Å². The number of nitrogens with zero attached hydrogens (tertiary/aromatic N) is 2. The highest BCUT2D eigenvalue weighted by Gasteiger charge is 2.30. The molecule has 1 aliphatic carbocycles. The summed E-state index contributed by atoms with van der Waals surface area (Å²) in [6.45, 7) is 1.27. The van der Waals surface area contributed by atoms with Crippen molar-refractivity contribution in [1.29, 1.82) is 0 Å². The Morgan fingerprint density at radius 1 is 1.52 bits per heavy atom. The summed E-state index contributed by atoms with van der Waals surface area (Å²) in [6.07, 6.45) is 3.45. The molecule has 8 heteroatoms. The molecular formula is C15H18N4OS3. The molecule has 1 saturated carbocycles. The lowest BCUT2D eigenvalue weighted by molar-refractivity contribution is -0.120. The molecule has 1 amide bonds. The minimum absolute atomic E-state index is 0.0646. The van der Waals surface area contributed by atoms with E-state index in [0.29, 0.717) is 23.8 Å². The molecule has 0 aromatic carbocycles. The van der Waals surface area contributed by atoms with Crippen LogP contribution < -0.4 is 5.32 Å². The van der Waals surface area contributed by atoms with Crippen LogP contribution in [0, 0.1) is 4.77 Å². The summed E-state index contributed by atoms with van der Waals surface area (Å²) < 4.78 is 2.67. The monoisotopic (exact) mass is 366 g/mol. The van der Waals surface area contributed by atoms with Crippen LogP contribution in [0.5, 0.6) is 0 Å². The molecule has 0 saturated heterocycles. The normalized spacial score (nSPS) is 20.3. The van der Waals surface area contributed by atoms with Crippen molar-refractivity contribution >= 4 is 41.2 Å². The Hall–Kier alpha value is -1.12. The Kier molecular flexibility index (Phi) is 4.29. The van der Waals surface area contributed by atoms with E-state index in [0.717, 1.165) is 18.0 Å². The number of thioether (sulfide) groups is 1. The number of aromatic nitrogens is 3. The van der Waals surface area contributed by atoms with Gasteiger partial charge in [-0.05, 0) is 54.2 Å². The van der Waals surface area contributed by atoms with Gasteiger partial charge in [0.1, 0.15) is 11.1 Å². The topological polar surface area (TPSA) is 62.7 Å². The van der Waals surface area contributed by atoms with E-state index >= 15 is 0 Å². The van der Waals surface area contributed by atoms with Crippen molar-refractivity contribution in [2.45, 2.75) is 37.0 Å². The number of carbonyl (C=O) groups is 1. The molecule has 0 unspecified atom stereocenters. The highest BCUT2D eigenvalue weighted by molar-refractivity contribution is 8.00. The SMILES string of the molecule is O=C(NCCn1c(C2CC2)n[nH]c1=S)[C@@H]1SCCc2sccc21. The Morgan fingerprint density at radius 2 is 2.39 bits per heavy atom. The van der Waals surface area contributed by atoms with Gasteiger partial charge in [0.2, 0.25) is 5.91 Å². The minimum Gasteiger partial charge on any atom is -0.353 e.